The number of hydrogen-bond donors (Lipinski definition) is 2. The summed E-state index contributed by atoms with van der Waals surface area (Å²) in [6, 6.07) is 6.04. The van der Waals surface area contributed by atoms with Gasteiger partial charge in [0, 0.05) is 13.1 Å². The molecular weight excluding hydrogens is 404 g/mol. The largest absolute Gasteiger partial charge is 0.539 e. The molecule has 0 spiro atoms. The molecule has 172 valence electrons. The maximum atomic E-state index is 12.8. The number of nitrogens with one attached hydrogen (secondary N) is 1. The highest BCUT2D eigenvalue weighted by Crippen LogP contribution is 2.30. The van der Waals surface area contributed by atoms with Crippen LogP contribution in [-0.4, -0.2) is 68.3 Å². The van der Waals surface area contributed by atoms with E-state index in [0.717, 1.165) is 75.5 Å². The number of carboxylic acid groups (broad SMARTS) is 2. The molecule has 31 heavy (non-hydrogen) atoms. The van der Waals surface area contributed by atoms with Crippen LogP contribution in [0.4, 0.5) is 0 Å². The number of rotatable bonds is 5. The van der Waals surface area contributed by atoms with E-state index in [9.17, 15) is 4.79 Å². The third-order valence-corrected chi connectivity index (χ3v) is 5.73. The number of quaternary nitrogens is 1. The number of aliphatic carboxylic acids is 2. The maximum absolute atomic E-state index is 12.8. The van der Waals surface area contributed by atoms with Crippen LogP contribution in [0.2, 0.25) is 0 Å². The Hall–Kier alpha value is -2.81. The zero-order valence-corrected chi connectivity index (χ0v) is 18.2. The molecule has 2 aliphatic heterocycles. The van der Waals surface area contributed by atoms with Crippen LogP contribution in [-0.2, 0) is 20.9 Å². The van der Waals surface area contributed by atoms with E-state index < -0.39 is 11.9 Å². The van der Waals surface area contributed by atoms with Gasteiger partial charge >= 0.3 is 5.97 Å². The molecule has 2 saturated heterocycles. The van der Waals surface area contributed by atoms with Gasteiger partial charge in [-0.1, -0.05) is 6.07 Å². The molecule has 0 aliphatic carbocycles. The summed E-state index contributed by atoms with van der Waals surface area (Å²) in [6.45, 7) is 4.83. The third kappa shape index (κ3) is 7.13. The fraction of sp³-hybridized carbons (Fsp3) is 0.591. The Morgan fingerprint density at radius 1 is 1.13 bits per heavy atom. The summed E-state index contributed by atoms with van der Waals surface area (Å²) in [5.41, 5.74) is 1.16. The molecule has 3 rings (SSSR count). The van der Waals surface area contributed by atoms with E-state index in [2.05, 4.69) is 11.0 Å². The van der Waals surface area contributed by atoms with Gasteiger partial charge in [-0.2, -0.15) is 0 Å². The summed E-state index contributed by atoms with van der Waals surface area (Å²) in [7, 11) is 3.36. The second-order valence-electron chi connectivity index (χ2n) is 7.85. The number of amides is 1. The molecule has 2 fully saturated rings. The van der Waals surface area contributed by atoms with Gasteiger partial charge < -0.3 is 34.3 Å². The number of benzene rings is 1. The van der Waals surface area contributed by atoms with Crippen LogP contribution in [0.1, 0.15) is 37.7 Å². The first-order valence-electron chi connectivity index (χ1n) is 10.6. The number of piperidine rings is 2. The molecule has 1 aromatic carbocycles. The Bertz CT molecular complexity index is 750. The molecule has 2 N–H and O–H groups in total. The van der Waals surface area contributed by atoms with Gasteiger partial charge in [0.25, 0.3) is 0 Å². The van der Waals surface area contributed by atoms with E-state index in [1.807, 2.05) is 12.1 Å². The van der Waals surface area contributed by atoms with Crippen molar-refractivity contribution in [3.63, 3.8) is 0 Å². The molecule has 0 bridgehead atoms. The molecule has 1 aromatic rings. The number of carboxylic acids is 2. The second kappa shape index (κ2) is 12.1. The zero-order valence-electron chi connectivity index (χ0n) is 18.2. The summed E-state index contributed by atoms with van der Waals surface area (Å²) < 4.78 is 11.0. The fourth-order valence-electron chi connectivity index (χ4n) is 4.26. The first-order chi connectivity index (χ1) is 14.9. The quantitative estimate of drug-likeness (QED) is 0.588. The third-order valence-electron chi connectivity index (χ3n) is 5.73. The highest BCUT2D eigenvalue weighted by molar-refractivity contribution is 6.26. The van der Waals surface area contributed by atoms with Crippen LogP contribution < -0.4 is 19.5 Å². The van der Waals surface area contributed by atoms with E-state index >= 15 is 0 Å². The molecule has 0 saturated carbocycles. The Morgan fingerprint density at radius 3 is 2.39 bits per heavy atom. The van der Waals surface area contributed by atoms with Crippen molar-refractivity contribution in [3.8, 4) is 11.5 Å². The molecule has 1 amide bonds. The Kier molecular flexibility index (Phi) is 9.58. The lowest BCUT2D eigenvalue weighted by atomic mass is 9.95. The van der Waals surface area contributed by atoms with Crippen LogP contribution in [0.5, 0.6) is 11.5 Å². The molecule has 2 heterocycles. The normalized spacial score (nSPS) is 20.8. The average molecular weight is 437 g/mol. The highest BCUT2D eigenvalue weighted by atomic mass is 16.5. The minimum atomic E-state index is -2.07. The van der Waals surface area contributed by atoms with Crippen LogP contribution in [0.15, 0.2) is 18.2 Å². The van der Waals surface area contributed by atoms with Crippen molar-refractivity contribution >= 4 is 17.8 Å². The SMILES string of the molecule is COc1cccc(C[NH+]2CCCC(C(=O)N3CCCCC3)C2)c1OC.O=C([O-])C(=O)O. The topological polar surface area (TPSA) is 121 Å². The van der Waals surface area contributed by atoms with Crippen molar-refractivity contribution in [3.05, 3.63) is 23.8 Å². The van der Waals surface area contributed by atoms with Crippen molar-refractivity contribution < 1.29 is 39.0 Å². The molecule has 9 heteroatoms. The minimum Gasteiger partial charge on any atom is -0.539 e. The minimum absolute atomic E-state index is 0.179. The lowest BCUT2D eigenvalue weighted by molar-refractivity contribution is -0.921. The number of carbonyl (C=O) groups excluding carboxylic acids is 2. The molecule has 2 unspecified atom stereocenters. The Morgan fingerprint density at radius 2 is 1.81 bits per heavy atom. The average Bonchev–Trinajstić information content (AvgIpc) is 2.79. The summed E-state index contributed by atoms with van der Waals surface area (Å²) in [5.74, 6) is -1.85. The predicted molar refractivity (Wildman–Crippen MR) is 110 cm³/mol. The van der Waals surface area contributed by atoms with E-state index in [1.165, 1.54) is 11.3 Å². The first-order valence-corrected chi connectivity index (χ1v) is 10.6. The van der Waals surface area contributed by atoms with Gasteiger partial charge in [0.05, 0.1) is 38.8 Å². The van der Waals surface area contributed by atoms with Gasteiger partial charge in [0.1, 0.15) is 6.54 Å². The number of likely N-dealkylation sites (tertiary alicyclic amines) is 2. The number of hydrogen-bond acceptors (Lipinski definition) is 6. The van der Waals surface area contributed by atoms with Gasteiger partial charge in [-0.15, -0.1) is 0 Å². The summed E-state index contributed by atoms with van der Waals surface area (Å²) in [6.07, 6.45) is 5.74. The molecule has 9 nitrogen and oxygen atoms in total. The monoisotopic (exact) mass is 436 g/mol. The number of ether oxygens (including phenoxy) is 2. The summed E-state index contributed by atoms with van der Waals surface area (Å²) >= 11 is 0. The van der Waals surface area contributed by atoms with E-state index in [1.54, 1.807) is 14.2 Å². The molecule has 2 aliphatic rings. The van der Waals surface area contributed by atoms with Crippen molar-refractivity contribution in [1.82, 2.24) is 4.90 Å². The number of nitrogens with zero attached hydrogens (tertiary/aromatic N) is 1. The molecular formula is C22H32N2O7. The molecule has 0 aromatic heterocycles. The summed E-state index contributed by atoms with van der Waals surface area (Å²) in [5, 5.41) is 16.3. The maximum Gasteiger partial charge on any atom is 0.351 e. The Balaban J connectivity index is 0.000000501. The van der Waals surface area contributed by atoms with E-state index in [4.69, 9.17) is 29.3 Å². The number of para-hydroxylation sites is 1. The molecule has 2 atom stereocenters. The van der Waals surface area contributed by atoms with Crippen molar-refractivity contribution in [1.29, 1.82) is 0 Å². The smallest absolute Gasteiger partial charge is 0.351 e. The van der Waals surface area contributed by atoms with Gasteiger partial charge in [0.2, 0.25) is 5.91 Å². The van der Waals surface area contributed by atoms with Crippen LogP contribution in [0, 0.1) is 5.92 Å². The highest BCUT2D eigenvalue weighted by Gasteiger charge is 2.32. The van der Waals surface area contributed by atoms with Crippen LogP contribution in [0.25, 0.3) is 0 Å². The van der Waals surface area contributed by atoms with Crippen molar-refractivity contribution in [2.45, 2.75) is 38.6 Å². The lowest BCUT2D eigenvalue weighted by Gasteiger charge is -2.34. The standard InChI is InChI=1S/C20H30N2O3.C2H2O4/c1-24-18-10-6-8-16(19(18)25-2)14-21-11-7-9-17(15-21)20(23)22-12-4-3-5-13-22;3-1(4)2(5)6/h6,8,10,17H,3-5,7,9,11-15H2,1-2H3;(H,3,4)(H,5,6). The van der Waals surface area contributed by atoms with Crippen molar-refractivity contribution in [2.24, 2.45) is 5.92 Å². The van der Waals surface area contributed by atoms with E-state index in [-0.39, 0.29) is 5.92 Å². The summed E-state index contributed by atoms with van der Waals surface area (Å²) in [4.78, 5) is 34.4. The number of methoxy groups -OCH3 is 2. The first kappa shape index (κ1) is 24.5. The van der Waals surface area contributed by atoms with Crippen LogP contribution >= 0.6 is 0 Å². The predicted octanol–water partition coefficient (Wildman–Crippen LogP) is -0.668. The van der Waals surface area contributed by atoms with Gasteiger partial charge in [-0.25, -0.2) is 4.79 Å². The molecule has 0 radical (unpaired) electrons. The van der Waals surface area contributed by atoms with Crippen molar-refractivity contribution in [2.75, 3.05) is 40.4 Å². The van der Waals surface area contributed by atoms with Gasteiger partial charge in [-0.3, -0.25) is 4.79 Å². The van der Waals surface area contributed by atoms with Gasteiger partial charge in [0.15, 0.2) is 17.5 Å². The Labute approximate surface area is 182 Å². The zero-order chi connectivity index (χ0) is 22.8. The fourth-order valence-corrected chi connectivity index (χ4v) is 4.26. The van der Waals surface area contributed by atoms with E-state index in [0.29, 0.717) is 5.91 Å². The lowest BCUT2D eigenvalue weighted by Crippen LogP contribution is -3.12. The second-order valence-corrected chi connectivity index (χ2v) is 7.85. The van der Waals surface area contributed by atoms with Crippen LogP contribution in [0.3, 0.4) is 0 Å². The van der Waals surface area contributed by atoms with Gasteiger partial charge in [-0.05, 0) is 44.2 Å². The number of carbonyl (C=O) groups is 3.